The summed E-state index contributed by atoms with van der Waals surface area (Å²) in [6.07, 6.45) is 6.68. The van der Waals surface area contributed by atoms with Crippen LogP contribution in [0.15, 0.2) is 24.3 Å². The highest BCUT2D eigenvalue weighted by molar-refractivity contribution is 5.69. The molecule has 156 valence electrons. The quantitative estimate of drug-likeness (QED) is 0.469. The summed E-state index contributed by atoms with van der Waals surface area (Å²) < 4.78 is 10.9. The van der Waals surface area contributed by atoms with Gasteiger partial charge >= 0.3 is 5.97 Å². The number of rotatable bonds is 9. The highest BCUT2D eigenvalue weighted by Crippen LogP contribution is 2.37. The molecule has 3 rings (SSSR count). The van der Waals surface area contributed by atoms with E-state index in [0.717, 1.165) is 24.7 Å². The van der Waals surface area contributed by atoms with Crippen molar-refractivity contribution in [3.05, 3.63) is 35.4 Å². The van der Waals surface area contributed by atoms with Crippen molar-refractivity contribution in [2.45, 2.75) is 64.9 Å². The molecule has 4 nitrogen and oxygen atoms in total. The number of benzene rings is 1. The Kier molecular flexibility index (Phi) is 7.53. The Balaban J connectivity index is 1.32. The molecule has 1 aliphatic heterocycles. The molecule has 1 aromatic rings. The van der Waals surface area contributed by atoms with E-state index in [1.807, 2.05) is 20.8 Å². The Morgan fingerprint density at radius 2 is 1.75 bits per heavy atom. The molecule has 0 bridgehead atoms. The minimum atomic E-state index is -0.425. The Hall–Kier alpha value is -1.39. The zero-order valence-electron chi connectivity index (χ0n) is 17.9. The first-order valence-electron chi connectivity index (χ1n) is 11.0. The highest BCUT2D eigenvalue weighted by atomic mass is 16.6. The maximum Gasteiger partial charge on any atom is 0.308 e. The average molecular weight is 388 g/mol. The fourth-order valence-electron chi connectivity index (χ4n) is 4.58. The van der Waals surface area contributed by atoms with E-state index in [1.165, 1.54) is 50.0 Å². The van der Waals surface area contributed by atoms with Crippen molar-refractivity contribution in [2.24, 2.45) is 11.8 Å². The maximum absolute atomic E-state index is 11.7. The molecule has 1 aliphatic carbocycles. The fraction of sp³-hybridized carbons (Fsp3) is 0.708. The Bertz CT molecular complexity index is 625. The van der Waals surface area contributed by atoms with E-state index >= 15 is 0 Å². The molecule has 0 radical (unpaired) electrons. The van der Waals surface area contributed by atoms with Gasteiger partial charge in [0, 0.05) is 19.6 Å². The summed E-state index contributed by atoms with van der Waals surface area (Å²) in [5.74, 6) is 1.76. The van der Waals surface area contributed by atoms with Crippen LogP contribution >= 0.6 is 0 Å². The zero-order valence-corrected chi connectivity index (χ0v) is 17.9. The van der Waals surface area contributed by atoms with Crippen molar-refractivity contribution >= 4 is 5.97 Å². The number of esters is 1. The SMILES string of the molecule is CC(C)(C)OC(=O)CCOCCc1cccc(CCN2CC3CCC[C@@H]3C2)c1. The van der Waals surface area contributed by atoms with E-state index in [1.54, 1.807) is 0 Å². The van der Waals surface area contributed by atoms with Gasteiger partial charge in [-0.25, -0.2) is 0 Å². The number of ether oxygens (including phenoxy) is 2. The van der Waals surface area contributed by atoms with Crippen LogP contribution in [0, 0.1) is 11.8 Å². The van der Waals surface area contributed by atoms with Gasteiger partial charge in [-0.15, -0.1) is 0 Å². The molecule has 2 atom stereocenters. The zero-order chi connectivity index (χ0) is 20.0. The van der Waals surface area contributed by atoms with Gasteiger partial charge in [0.1, 0.15) is 5.60 Å². The average Bonchev–Trinajstić information content (AvgIpc) is 3.20. The van der Waals surface area contributed by atoms with E-state index in [9.17, 15) is 4.79 Å². The third-order valence-corrected chi connectivity index (χ3v) is 5.92. The number of likely N-dealkylation sites (tertiary alicyclic amines) is 1. The number of hydrogen-bond donors (Lipinski definition) is 0. The van der Waals surface area contributed by atoms with Crippen molar-refractivity contribution < 1.29 is 14.3 Å². The summed E-state index contributed by atoms with van der Waals surface area (Å²) in [5, 5.41) is 0. The van der Waals surface area contributed by atoms with Crippen LogP contribution in [0.1, 0.15) is 57.6 Å². The number of hydrogen-bond acceptors (Lipinski definition) is 4. The fourth-order valence-corrected chi connectivity index (χ4v) is 4.58. The van der Waals surface area contributed by atoms with Gasteiger partial charge in [-0.2, -0.15) is 0 Å². The van der Waals surface area contributed by atoms with Crippen LogP contribution in [-0.2, 0) is 27.1 Å². The first-order valence-corrected chi connectivity index (χ1v) is 11.0. The van der Waals surface area contributed by atoms with E-state index < -0.39 is 5.60 Å². The Morgan fingerprint density at radius 1 is 1.07 bits per heavy atom. The van der Waals surface area contributed by atoms with E-state index in [4.69, 9.17) is 9.47 Å². The number of fused-ring (bicyclic) bond motifs is 1. The first-order chi connectivity index (χ1) is 13.4. The number of carbonyl (C=O) groups excluding carboxylic acids is 1. The second-order valence-electron chi connectivity index (χ2n) is 9.48. The third kappa shape index (κ3) is 6.89. The molecule has 1 unspecified atom stereocenters. The standard InChI is InChI=1S/C24H37NO3/c1-24(2,3)28-23(26)12-15-27-14-11-20-7-4-6-19(16-20)10-13-25-17-21-8-5-9-22(21)18-25/h4,6-7,16,21-22H,5,8-15,17-18H2,1-3H3/t21-,22?/m1/s1. The number of carbonyl (C=O) groups is 1. The summed E-state index contributed by atoms with van der Waals surface area (Å²) in [6, 6.07) is 8.88. The van der Waals surface area contributed by atoms with Crippen LogP contribution in [-0.4, -0.2) is 49.3 Å². The van der Waals surface area contributed by atoms with E-state index in [2.05, 4.69) is 29.2 Å². The Morgan fingerprint density at radius 3 is 2.43 bits per heavy atom. The molecule has 0 amide bonds. The smallest absolute Gasteiger partial charge is 0.308 e. The molecule has 1 aromatic carbocycles. The predicted octanol–water partition coefficient (Wildman–Crippen LogP) is 4.25. The lowest BCUT2D eigenvalue weighted by molar-refractivity contribution is -0.156. The summed E-state index contributed by atoms with van der Waals surface area (Å²) in [5.41, 5.74) is 2.31. The third-order valence-electron chi connectivity index (χ3n) is 5.92. The molecule has 0 aromatic heterocycles. The van der Waals surface area contributed by atoms with E-state index in [0.29, 0.717) is 19.6 Å². The second kappa shape index (κ2) is 9.89. The summed E-state index contributed by atoms with van der Waals surface area (Å²) in [6.45, 7) is 10.5. The van der Waals surface area contributed by atoms with Crippen LogP contribution in [0.25, 0.3) is 0 Å². The van der Waals surface area contributed by atoms with Gasteiger partial charge in [0.25, 0.3) is 0 Å². The maximum atomic E-state index is 11.7. The second-order valence-corrected chi connectivity index (χ2v) is 9.48. The predicted molar refractivity (Wildman–Crippen MR) is 112 cm³/mol. The first kappa shape index (κ1) is 21.3. The van der Waals surface area contributed by atoms with Crippen LogP contribution in [0.5, 0.6) is 0 Å². The molecule has 0 N–H and O–H groups in total. The molecule has 1 saturated heterocycles. The molecule has 4 heteroatoms. The minimum absolute atomic E-state index is 0.194. The molecule has 2 aliphatic rings. The van der Waals surface area contributed by atoms with Crippen molar-refractivity contribution in [1.82, 2.24) is 4.90 Å². The molecule has 2 fully saturated rings. The molecular weight excluding hydrogens is 350 g/mol. The van der Waals surface area contributed by atoms with Gasteiger partial charge in [0.2, 0.25) is 0 Å². The number of nitrogens with zero attached hydrogens (tertiary/aromatic N) is 1. The highest BCUT2D eigenvalue weighted by Gasteiger charge is 2.35. The molecular formula is C24H37NO3. The summed E-state index contributed by atoms with van der Waals surface area (Å²) >= 11 is 0. The van der Waals surface area contributed by atoms with Gasteiger partial charge in [-0.3, -0.25) is 4.79 Å². The van der Waals surface area contributed by atoms with Crippen LogP contribution in [0.4, 0.5) is 0 Å². The van der Waals surface area contributed by atoms with Crippen LogP contribution in [0.3, 0.4) is 0 Å². The molecule has 1 saturated carbocycles. The van der Waals surface area contributed by atoms with Gasteiger partial charge < -0.3 is 14.4 Å². The molecule has 28 heavy (non-hydrogen) atoms. The topological polar surface area (TPSA) is 38.8 Å². The van der Waals surface area contributed by atoms with Crippen molar-refractivity contribution in [2.75, 3.05) is 32.8 Å². The molecule has 1 heterocycles. The van der Waals surface area contributed by atoms with Gasteiger partial charge in [0.05, 0.1) is 19.6 Å². The van der Waals surface area contributed by atoms with Gasteiger partial charge in [-0.05, 0) is 69.4 Å². The Labute approximate surface area is 170 Å². The van der Waals surface area contributed by atoms with Crippen molar-refractivity contribution in [1.29, 1.82) is 0 Å². The van der Waals surface area contributed by atoms with E-state index in [-0.39, 0.29) is 5.97 Å². The van der Waals surface area contributed by atoms with Gasteiger partial charge in [0.15, 0.2) is 0 Å². The van der Waals surface area contributed by atoms with Crippen molar-refractivity contribution in [3.63, 3.8) is 0 Å². The van der Waals surface area contributed by atoms with Crippen LogP contribution in [0.2, 0.25) is 0 Å². The minimum Gasteiger partial charge on any atom is -0.460 e. The summed E-state index contributed by atoms with van der Waals surface area (Å²) in [4.78, 5) is 14.3. The van der Waals surface area contributed by atoms with Crippen molar-refractivity contribution in [3.8, 4) is 0 Å². The normalized spacial score (nSPS) is 22.4. The lowest BCUT2D eigenvalue weighted by Crippen LogP contribution is -2.24. The largest absolute Gasteiger partial charge is 0.460 e. The summed E-state index contributed by atoms with van der Waals surface area (Å²) in [7, 11) is 0. The van der Waals surface area contributed by atoms with Crippen LogP contribution < -0.4 is 0 Å². The monoisotopic (exact) mass is 387 g/mol. The van der Waals surface area contributed by atoms with Gasteiger partial charge in [-0.1, -0.05) is 30.7 Å². The lowest BCUT2D eigenvalue weighted by atomic mass is 10.0. The molecule has 0 spiro atoms. The lowest BCUT2D eigenvalue weighted by Gasteiger charge is -2.19.